The monoisotopic (exact) mass is 394 g/mol. The van der Waals surface area contributed by atoms with Crippen molar-refractivity contribution in [1.29, 1.82) is 0 Å². The summed E-state index contributed by atoms with van der Waals surface area (Å²) >= 11 is 0. The minimum atomic E-state index is -0.770. The Morgan fingerprint density at radius 1 is 1.43 bits per heavy atom. The number of hydrogen-bond acceptors (Lipinski definition) is 7. The van der Waals surface area contributed by atoms with Gasteiger partial charge in [-0.2, -0.15) is 0 Å². The molecule has 0 radical (unpaired) electrons. The van der Waals surface area contributed by atoms with Gasteiger partial charge in [-0.1, -0.05) is 26.5 Å². The number of methoxy groups -OCH3 is 1. The van der Waals surface area contributed by atoms with Gasteiger partial charge in [0.1, 0.15) is 12.2 Å². The second kappa shape index (κ2) is 9.87. The molecule has 0 amide bonds. The summed E-state index contributed by atoms with van der Waals surface area (Å²) in [4.78, 5) is 36.9. The molecule has 0 aromatic heterocycles. The summed E-state index contributed by atoms with van der Waals surface area (Å²) in [5.41, 5.74) is 0.613. The fourth-order valence-corrected chi connectivity index (χ4v) is 3.68. The number of ether oxygens (including phenoxy) is 3. The third-order valence-electron chi connectivity index (χ3n) is 5.66. The average molecular weight is 394 g/mol. The molecule has 1 fully saturated rings. The first-order valence-corrected chi connectivity index (χ1v) is 9.80. The van der Waals surface area contributed by atoms with Crippen molar-refractivity contribution in [2.24, 2.45) is 17.8 Å². The van der Waals surface area contributed by atoms with Gasteiger partial charge in [0.15, 0.2) is 0 Å². The summed E-state index contributed by atoms with van der Waals surface area (Å²) in [7, 11) is 1.29. The van der Waals surface area contributed by atoms with Gasteiger partial charge in [-0.05, 0) is 31.6 Å². The number of rotatable bonds is 5. The summed E-state index contributed by atoms with van der Waals surface area (Å²) < 4.78 is 16.1. The van der Waals surface area contributed by atoms with Crippen molar-refractivity contribution in [3.05, 3.63) is 23.8 Å². The standard InChI is InChI=1S/C21H30O7/c1-5-12(2)19(23)27-17-10-15(21(25)26-4)8-6-7-14(11-22)9-16-18(17)13(3)20(24)28-16/h8,12,14,16-18,22H,3,5-7,9-11H2,1-2,4H3/b15-8+/t12-,14+,16-,17-,18+/m1/s1. The molecule has 2 aliphatic rings. The minimum absolute atomic E-state index is 0.0635. The summed E-state index contributed by atoms with van der Waals surface area (Å²) in [6, 6.07) is 0. The van der Waals surface area contributed by atoms with E-state index in [-0.39, 0.29) is 30.4 Å². The maximum atomic E-state index is 12.5. The smallest absolute Gasteiger partial charge is 0.334 e. The van der Waals surface area contributed by atoms with Crippen molar-refractivity contribution >= 4 is 17.9 Å². The third kappa shape index (κ3) is 5.01. The molecule has 0 aromatic carbocycles. The normalized spacial score (nSPS) is 31.1. The van der Waals surface area contributed by atoms with Gasteiger partial charge < -0.3 is 19.3 Å². The number of esters is 3. The van der Waals surface area contributed by atoms with Gasteiger partial charge in [0, 0.05) is 24.2 Å². The van der Waals surface area contributed by atoms with Crippen LogP contribution in [0.4, 0.5) is 0 Å². The van der Waals surface area contributed by atoms with Crippen LogP contribution in [0, 0.1) is 17.8 Å². The Hall–Kier alpha value is -2.15. The summed E-state index contributed by atoms with van der Waals surface area (Å²) in [5, 5.41) is 9.70. The Morgan fingerprint density at radius 2 is 2.14 bits per heavy atom. The van der Waals surface area contributed by atoms with Crippen LogP contribution in [0.5, 0.6) is 0 Å². The van der Waals surface area contributed by atoms with E-state index in [1.54, 1.807) is 13.0 Å². The van der Waals surface area contributed by atoms with Gasteiger partial charge in [-0.25, -0.2) is 9.59 Å². The zero-order chi connectivity index (χ0) is 20.8. The fraction of sp³-hybridized carbons (Fsp3) is 0.667. The number of aliphatic hydroxyl groups is 1. The van der Waals surface area contributed by atoms with Crippen molar-refractivity contribution in [1.82, 2.24) is 0 Å². The van der Waals surface area contributed by atoms with Crippen LogP contribution in [0.15, 0.2) is 23.8 Å². The predicted molar refractivity (Wildman–Crippen MR) is 101 cm³/mol. The Morgan fingerprint density at radius 3 is 2.75 bits per heavy atom. The molecular weight excluding hydrogens is 364 g/mol. The molecule has 0 saturated carbocycles. The van der Waals surface area contributed by atoms with Gasteiger partial charge in [0.05, 0.1) is 18.9 Å². The lowest BCUT2D eigenvalue weighted by atomic mass is 9.81. The van der Waals surface area contributed by atoms with Crippen LogP contribution < -0.4 is 0 Å². The van der Waals surface area contributed by atoms with Gasteiger partial charge >= 0.3 is 17.9 Å². The third-order valence-corrected chi connectivity index (χ3v) is 5.66. The largest absolute Gasteiger partial charge is 0.466 e. The van der Waals surface area contributed by atoms with E-state index in [0.717, 1.165) is 0 Å². The lowest BCUT2D eigenvalue weighted by molar-refractivity contribution is -0.158. The van der Waals surface area contributed by atoms with Crippen molar-refractivity contribution in [2.75, 3.05) is 13.7 Å². The number of fused-ring (bicyclic) bond motifs is 1. The molecule has 1 heterocycles. The SMILES string of the molecule is C=C1C(=O)O[C@@H]2C[C@@H](CO)CC/C=C(/C(=O)OC)C[C@@H](OC(=O)[C@H](C)CC)[C@@H]12. The van der Waals surface area contributed by atoms with E-state index < -0.39 is 36.0 Å². The highest BCUT2D eigenvalue weighted by Crippen LogP contribution is 2.38. The fourth-order valence-electron chi connectivity index (χ4n) is 3.68. The molecule has 7 heteroatoms. The van der Waals surface area contributed by atoms with Crippen LogP contribution in [0.1, 0.15) is 46.0 Å². The van der Waals surface area contributed by atoms with E-state index in [9.17, 15) is 19.5 Å². The zero-order valence-electron chi connectivity index (χ0n) is 16.8. The van der Waals surface area contributed by atoms with Crippen LogP contribution in [-0.2, 0) is 28.6 Å². The second-order valence-electron chi connectivity index (χ2n) is 7.57. The molecule has 1 saturated heterocycles. The van der Waals surface area contributed by atoms with Crippen molar-refractivity contribution in [2.45, 2.75) is 58.2 Å². The Labute approximate surface area is 165 Å². The molecular formula is C21H30O7. The molecule has 1 N–H and O–H groups in total. The summed E-state index contributed by atoms with van der Waals surface area (Å²) in [5.74, 6) is -2.41. The highest BCUT2D eigenvalue weighted by molar-refractivity contribution is 5.91. The molecule has 1 aliphatic heterocycles. The first-order valence-electron chi connectivity index (χ1n) is 9.80. The van der Waals surface area contributed by atoms with Gasteiger partial charge in [-0.15, -0.1) is 0 Å². The van der Waals surface area contributed by atoms with Crippen LogP contribution in [0.25, 0.3) is 0 Å². The molecule has 7 nitrogen and oxygen atoms in total. The van der Waals surface area contributed by atoms with E-state index >= 15 is 0 Å². The summed E-state index contributed by atoms with van der Waals surface area (Å²) in [6.07, 6.45) is 2.83. The van der Waals surface area contributed by atoms with Crippen LogP contribution in [0.3, 0.4) is 0 Å². The van der Waals surface area contributed by atoms with Crippen molar-refractivity contribution in [3.63, 3.8) is 0 Å². The van der Waals surface area contributed by atoms with Crippen LogP contribution in [0.2, 0.25) is 0 Å². The van der Waals surface area contributed by atoms with E-state index in [1.165, 1.54) is 7.11 Å². The first kappa shape index (κ1) is 22.1. The topological polar surface area (TPSA) is 99.1 Å². The van der Waals surface area contributed by atoms with E-state index in [4.69, 9.17) is 14.2 Å². The molecule has 2 rings (SSSR count). The van der Waals surface area contributed by atoms with Gasteiger partial charge in [0.25, 0.3) is 0 Å². The molecule has 156 valence electrons. The number of carbonyl (C=O) groups is 3. The second-order valence-corrected chi connectivity index (χ2v) is 7.57. The van der Waals surface area contributed by atoms with Gasteiger partial charge in [-0.3, -0.25) is 4.79 Å². The number of carbonyl (C=O) groups excluding carboxylic acids is 3. The van der Waals surface area contributed by atoms with E-state index in [2.05, 4.69) is 6.58 Å². The number of hydrogen-bond donors (Lipinski definition) is 1. The lowest BCUT2D eigenvalue weighted by Crippen LogP contribution is -2.37. The van der Waals surface area contributed by atoms with Crippen molar-refractivity contribution < 1.29 is 33.7 Å². The number of allylic oxidation sites excluding steroid dienone is 1. The Kier molecular flexibility index (Phi) is 7.80. The maximum absolute atomic E-state index is 12.5. The lowest BCUT2D eigenvalue weighted by Gasteiger charge is -2.30. The molecule has 28 heavy (non-hydrogen) atoms. The maximum Gasteiger partial charge on any atom is 0.334 e. The molecule has 5 atom stereocenters. The molecule has 0 spiro atoms. The van der Waals surface area contributed by atoms with Crippen LogP contribution in [-0.4, -0.2) is 48.9 Å². The minimum Gasteiger partial charge on any atom is -0.466 e. The molecule has 0 aromatic rings. The van der Waals surface area contributed by atoms with Crippen molar-refractivity contribution in [3.8, 4) is 0 Å². The van der Waals surface area contributed by atoms with Crippen LogP contribution >= 0.6 is 0 Å². The zero-order valence-corrected chi connectivity index (χ0v) is 16.8. The highest BCUT2D eigenvalue weighted by Gasteiger charge is 2.46. The summed E-state index contributed by atoms with van der Waals surface area (Å²) in [6.45, 7) is 7.43. The number of aliphatic hydroxyl groups excluding tert-OH is 1. The Bertz CT molecular complexity index is 651. The van der Waals surface area contributed by atoms with E-state index in [1.807, 2.05) is 6.92 Å². The van der Waals surface area contributed by atoms with E-state index in [0.29, 0.717) is 31.3 Å². The van der Waals surface area contributed by atoms with Gasteiger partial charge in [0.2, 0.25) is 0 Å². The average Bonchev–Trinajstić information content (AvgIpc) is 2.97. The predicted octanol–water partition coefficient (Wildman–Crippen LogP) is 2.32. The molecule has 0 bridgehead atoms. The molecule has 0 unspecified atom stereocenters. The highest BCUT2D eigenvalue weighted by atomic mass is 16.6. The molecule has 1 aliphatic carbocycles. The Balaban J connectivity index is 2.42. The first-order chi connectivity index (χ1) is 13.3. The quantitative estimate of drug-likeness (QED) is 0.434.